The summed E-state index contributed by atoms with van der Waals surface area (Å²) in [4.78, 5) is 52.8. The van der Waals surface area contributed by atoms with Crippen molar-refractivity contribution in [2.45, 2.75) is 63.3 Å². The van der Waals surface area contributed by atoms with E-state index in [-0.39, 0.29) is 34.6 Å². The first-order valence-corrected chi connectivity index (χ1v) is 13.7. The van der Waals surface area contributed by atoms with Crippen LogP contribution in [0.3, 0.4) is 0 Å². The van der Waals surface area contributed by atoms with Crippen LogP contribution in [0.15, 0.2) is 6.33 Å². The van der Waals surface area contributed by atoms with E-state index in [4.69, 9.17) is 15.2 Å². The molecule has 0 radical (unpaired) electrons. The number of nitrogens with two attached hydrogens (primary N) is 1. The lowest BCUT2D eigenvalue weighted by molar-refractivity contribution is -0.137. The van der Waals surface area contributed by atoms with Gasteiger partial charge in [-0.25, -0.2) is 19.7 Å². The number of imidazole rings is 1. The third kappa shape index (κ3) is 5.76. The minimum Gasteiger partial charge on any atom is -0.436 e. The quantitative estimate of drug-likeness (QED) is 0.321. The number of ether oxygens (including phenoxy) is 2. The van der Waals surface area contributed by atoms with Crippen LogP contribution in [-0.2, 0) is 19.1 Å². The van der Waals surface area contributed by atoms with Crippen LogP contribution < -0.4 is 11.1 Å². The van der Waals surface area contributed by atoms with Crippen molar-refractivity contribution in [1.29, 1.82) is 0 Å². The summed E-state index contributed by atoms with van der Waals surface area (Å²) in [5.74, 6) is 5.81. The van der Waals surface area contributed by atoms with Crippen LogP contribution in [0, 0.1) is 17.8 Å². The molecule has 5 heterocycles. The number of likely N-dealkylation sites (tertiary alicyclic amines) is 2. The van der Waals surface area contributed by atoms with Crippen LogP contribution in [0.5, 0.6) is 0 Å². The number of anilines is 1. The van der Waals surface area contributed by atoms with Crippen LogP contribution in [0.25, 0.3) is 11.2 Å². The maximum atomic E-state index is 12.5. The molecule has 0 saturated carbocycles. The van der Waals surface area contributed by atoms with Gasteiger partial charge in [-0.05, 0) is 31.6 Å². The van der Waals surface area contributed by atoms with E-state index in [1.54, 1.807) is 23.8 Å². The topological polar surface area (TPSA) is 198 Å². The molecule has 5 N–H and O–H groups in total. The van der Waals surface area contributed by atoms with Gasteiger partial charge in [0.2, 0.25) is 5.82 Å². The van der Waals surface area contributed by atoms with Gasteiger partial charge >= 0.3 is 6.09 Å². The third-order valence-corrected chi connectivity index (χ3v) is 7.66. The second kappa shape index (κ2) is 11.9. The average molecular weight is 571 g/mol. The molecule has 3 amide bonds. The molecule has 2 aromatic rings. The Labute approximate surface area is 236 Å². The summed E-state index contributed by atoms with van der Waals surface area (Å²) in [6.45, 7) is 3.70. The number of carbonyl (C=O) groups is 3. The van der Waals surface area contributed by atoms with Crippen molar-refractivity contribution in [2.24, 2.45) is 5.92 Å². The normalized spacial score (nSPS) is 26.7. The highest BCUT2D eigenvalue weighted by atomic mass is 16.6. The molecule has 15 nitrogen and oxygen atoms in total. The van der Waals surface area contributed by atoms with Gasteiger partial charge in [0.05, 0.1) is 6.33 Å². The van der Waals surface area contributed by atoms with E-state index in [9.17, 15) is 24.6 Å². The Morgan fingerprint density at radius 1 is 1.20 bits per heavy atom. The van der Waals surface area contributed by atoms with E-state index in [0.717, 1.165) is 12.8 Å². The zero-order valence-electron chi connectivity index (χ0n) is 22.9. The maximum Gasteiger partial charge on any atom is 0.410 e. The largest absolute Gasteiger partial charge is 0.436 e. The summed E-state index contributed by atoms with van der Waals surface area (Å²) >= 11 is 0. The Bertz CT molecular complexity index is 1380. The van der Waals surface area contributed by atoms with Gasteiger partial charge in [0, 0.05) is 46.1 Å². The molecule has 0 bridgehead atoms. The number of amides is 3. The van der Waals surface area contributed by atoms with E-state index in [0.29, 0.717) is 39.0 Å². The second-order valence-electron chi connectivity index (χ2n) is 10.4. The molecule has 2 aromatic heterocycles. The fraction of sp³-hybridized carbons (Fsp3) is 0.615. The fourth-order valence-electron chi connectivity index (χ4n) is 5.25. The second-order valence-corrected chi connectivity index (χ2v) is 10.4. The summed E-state index contributed by atoms with van der Waals surface area (Å²) < 4.78 is 12.5. The predicted molar refractivity (Wildman–Crippen MR) is 143 cm³/mol. The fourth-order valence-corrected chi connectivity index (χ4v) is 5.25. The average Bonchev–Trinajstić information content (AvgIpc) is 3.61. The number of aliphatic hydroxyl groups excluding tert-OH is 2. The number of carbonyl (C=O) groups excluding carboxylic acids is 3. The molecule has 2 unspecified atom stereocenters. The molecule has 41 heavy (non-hydrogen) atoms. The summed E-state index contributed by atoms with van der Waals surface area (Å²) in [7, 11) is 1.69. The molecular weight excluding hydrogens is 536 g/mol. The number of piperidine rings is 1. The Balaban J connectivity index is 1.20. The Hall–Kier alpha value is -4.00. The molecule has 0 aromatic carbocycles. The molecule has 3 aliphatic rings. The van der Waals surface area contributed by atoms with Crippen molar-refractivity contribution in [3.8, 4) is 11.8 Å². The maximum absolute atomic E-state index is 12.5. The first kappa shape index (κ1) is 28.5. The highest BCUT2D eigenvalue weighted by molar-refractivity contribution is 5.85. The number of aromatic nitrogens is 4. The van der Waals surface area contributed by atoms with Crippen molar-refractivity contribution < 1.29 is 34.1 Å². The van der Waals surface area contributed by atoms with Gasteiger partial charge in [-0.15, -0.1) is 0 Å². The van der Waals surface area contributed by atoms with Crippen molar-refractivity contribution in [1.82, 2.24) is 34.6 Å². The molecule has 5 atom stereocenters. The number of rotatable bonds is 5. The monoisotopic (exact) mass is 570 g/mol. The lowest BCUT2D eigenvalue weighted by atomic mass is 9.94. The smallest absolute Gasteiger partial charge is 0.410 e. The van der Waals surface area contributed by atoms with Gasteiger partial charge in [0.15, 0.2) is 29.9 Å². The number of hydrogen-bond donors (Lipinski definition) is 4. The van der Waals surface area contributed by atoms with Crippen LogP contribution in [-0.4, -0.2) is 115 Å². The number of hydrogen-bond acceptors (Lipinski definition) is 11. The van der Waals surface area contributed by atoms with E-state index in [1.807, 2.05) is 0 Å². The predicted octanol–water partition coefficient (Wildman–Crippen LogP) is -1.02. The SMILES string of the molecule is CCNC(=O)[C@H]1O[C@@H](n2cnc3c(N)nc(C#CCC4CCN(C(=O)OC5CCN(C)C5=O)CC4)nc32)[C@@H](O)C1O. The third-order valence-electron chi connectivity index (χ3n) is 7.66. The zero-order valence-corrected chi connectivity index (χ0v) is 22.9. The number of nitrogen functional groups attached to an aromatic ring is 1. The van der Waals surface area contributed by atoms with E-state index < -0.39 is 42.6 Å². The van der Waals surface area contributed by atoms with Gasteiger partial charge in [0.25, 0.3) is 11.8 Å². The number of aliphatic hydroxyl groups is 2. The highest BCUT2D eigenvalue weighted by Crippen LogP contribution is 2.32. The number of nitrogens with zero attached hydrogens (tertiary/aromatic N) is 6. The van der Waals surface area contributed by atoms with Crippen molar-refractivity contribution in [3.05, 3.63) is 12.2 Å². The molecular formula is C26H34N8O7. The van der Waals surface area contributed by atoms with Gasteiger partial charge in [-0.3, -0.25) is 14.2 Å². The van der Waals surface area contributed by atoms with Gasteiger partial charge in [-0.1, -0.05) is 5.92 Å². The number of fused-ring (bicyclic) bond motifs is 1. The van der Waals surface area contributed by atoms with Crippen molar-refractivity contribution in [3.63, 3.8) is 0 Å². The number of nitrogens with one attached hydrogen (secondary N) is 1. The highest BCUT2D eigenvalue weighted by Gasteiger charge is 2.47. The summed E-state index contributed by atoms with van der Waals surface area (Å²) in [6, 6.07) is 0. The van der Waals surface area contributed by atoms with E-state index >= 15 is 0 Å². The molecule has 3 fully saturated rings. The van der Waals surface area contributed by atoms with Gasteiger partial charge in [-0.2, -0.15) is 0 Å². The first-order chi connectivity index (χ1) is 19.7. The standard InChI is InChI=1S/C26H34N8O7/c1-3-28-23(37)20-18(35)19(36)25(41-20)34-13-29-17-21(27)30-16(31-22(17)34)6-4-5-14-7-11-33(12-8-14)26(39)40-15-9-10-32(2)24(15)38/h13-15,18-20,25,35-36H,3,5,7-12H2,1-2H3,(H,28,37)(H2,27,30,31)/t15?,18?,19-,20-,25+/m0/s1. The van der Waals surface area contributed by atoms with Crippen LogP contribution in [0.1, 0.15) is 44.7 Å². The van der Waals surface area contributed by atoms with Gasteiger partial charge in [0.1, 0.15) is 17.7 Å². The molecule has 220 valence electrons. The number of likely N-dealkylation sites (N-methyl/N-ethyl adjacent to an activating group) is 2. The van der Waals surface area contributed by atoms with E-state index in [2.05, 4.69) is 32.1 Å². The molecule has 5 rings (SSSR count). The van der Waals surface area contributed by atoms with Crippen LogP contribution >= 0.6 is 0 Å². The van der Waals surface area contributed by atoms with Crippen molar-refractivity contribution in [2.75, 3.05) is 39.0 Å². The lowest BCUT2D eigenvalue weighted by Gasteiger charge is -2.31. The Kier molecular flexibility index (Phi) is 8.25. The van der Waals surface area contributed by atoms with Crippen molar-refractivity contribution >= 4 is 34.9 Å². The summed E-state index contributed by atoms with van der Waals surface area (Å²) in [6.07, 6.45) is -2.49. The Morgan fingerprint density at radius 3 is 2.63 bits per heavy atom. The summed E-state index contributed by atoms with van der Waals surface area (Å²) in [5, 5.41) is 23.5. The van der Waals surface area contributed by atoms with Crippen LogP contribution in [0.2, 0.25) is 0 Å². The lowest BCUT2D eigenvalue weighted by Crippen LogP contribution is -2.42. The molecule has 0 spiro atoms. The molecule has 3 aliphatic heterocycles. The minimum absolute atomic E-state index is 0.0881. The Morgan fingerprint density at radius 2 is 1.95 bits per heavy atom. The summed E-state index contributed by atoms with van der Waals surface area (Å²) in [5.41, 5.74) is 6.61. The molecule has 0 aliphatic carbocycles. The van der Waals surface area contributed by atoms with E-state index in [1.165, 1.54) is 10.9 Å². The molecule has 15 heteroatoms. The van der Waals surface area contributed by atoms with Crippen LogP contribution in [0.4, 0.5) is 10.6 Å². The zero-order chi connectivity index (χ0) is 29.3. The minimum atomic E-state index is -1.44. The molecule has 3 saturated heterocycles. The van der Waals surface area contributed by atoms with Gasteiger partial charge < -0.3 is 40.5 Å². The first-order valence-electron chi connectivity index (χ1n) is 13.7.